The van der Waals surface area contributed by atoms with E-state index in [0.717, 1.165) is 17.7 Å². The Kier molecular flexibility index (Phi) is 4.62. The lowest BCUT2D eigenvalue weighted by molar-refractivity contribution is -0.137. The fraction of sp³-hybridized carbons (Fsp3) is 0.250. The van der Waals surface area contributed by atoms with Crippen LogP contribution in [0.1, 0.15) is 29.3 Å². The number of amides is 1. The smallest absolute Gasteiger partial charge is 0.338 e. The number of halogens is 3. The average Bonchev–Trinajstić information content (AvgIpc) is 3.30. The monoisotopic (exact) mass is 387 g/mol. The number of benzene rings is 2. The lowest BCUT2D eigenvalue weighted by atomic mass is 10.1. The number of likely N-dealkylation sites (tertiary alicyclic amines) is 1. The van der Waals surface area contributed by atoms with Gasteiger partial charge in [0.25, 0.3) is 5.89 Å². The highest BCUT2D eigenvalue weighted by molar-refractivity contribution is 5.79. The Hall–Kier alpha value is -3.16. The standard InChI is InChI=1S/C20H16F3N3O2/c21-20(22,23)16-8-6-14(7-9-16)19-24-18(25-28-19)15-10-17(27)26(12-15)11-13-4-2-1-3-5-13/h1-9,15H,10-12H2. The van der Waals surface area contributed by atoms with Gasteiger partial charge in [-0.3, -0.25) is 4.79 Å². The first-order chi connectivity index (χ1) is 13.4. The molecule has 2 heterocycles. The van der Waals surface area contributed by atoms with Crippen LogP contribution in [-0.2, 0) is 17.5 Å². The van der Waals surface area contributed by atoms with Crippen molar-refractivity contribution in [2.24, 2.45) is 0 Å². The molecule has 8 heteroatoms. The van der Waals surface area contributed by atoms with Crippen molar-refractivity contribution in [3.8, 4) is 11.5 Å². The van der Waals surface area contributed by atoms with Gasteiger partial charge < -0.3 is 9.42 Å². The predicted molar refractivity (Wildman–Crippen MR) is 94.0 cm³/mol. The van der Waals surface area contributed by atoms with Gasteiger partial charge in [-0.15, -0.1) is 0 Å². The Labute approximate surface area is 158 Å². The van der Waals surface area contributed by atoms with E-state index in [4.69, 9.17) is 4.52 Å². The highest BCUT2D eigenvalue weighted by Crippen LogP contribution is 2.32. The highest BCUT2D eigenvalue weighted by atomic mass is 19.4. The van der Waals surface area contributed by atoms with E-state index in [-0.39, 0.29) is 24.1 Å². The van der Waals surface area contributed by atoms with E-state index in [1.54, 1.807) is 4.90 Å². The van der Waals surface area contributed by atoms with Gasteiger partial charge in [-0.05, 0) is 29.8 Å². The van der Waals surface area contributed by atoms with Crippen LogP contribution >= 0.6 is 0 Å². The third-order valence-corrected chi connectivity index (χ3v) is 4.70. The minimum Gasteiger partial charge on any atom is -0.338 e. The van der Waals surface area contributed by atoms with Gasteiger partial charge in [0, 0.05) is 31.0 Å². The summed E-state index contributed by atoms with van der Waals surface area (Å²) in [7, 11) is 0. The summed E-state index contributed by atoms with van der Waals surface area (Å²) in [5.41, 5.74) is 0.696. The third-order valence-electron chi connectivity index (χ3n) is 4.70. The molecule has 1 fully saturated rings. The van der Waals surface area contributed by atoms with Crippen molar-refractivity contribution >= 4 is 5.91 Å². The van der Waals surface area contributed by atoms with E-state index in [1.807, 2.05) is 30.3 Å². The van der Waals surface area contributed by atoms with Gasteiger partial charge in [0.05, 0.1) is 5.56 Å². The molecule has 144 valence electrons. The molecule has 5 nitrogen and oxygen atoms in total. The summed E-state index contributed by atoms with van der Waals surface area (Å²) in [5.74, 6) is 0.328. The minimum absolute atomic E-state index is 0.00901. The number of aromatic nitrogens is 2. The van der Waals surface area contributed by atoms with Crippen molar-refractivity contribution in [3.63, 3.8) is 0 Å². The van der Waals surface area contributed by atoms with Crippen molar-refractivity contribution in [1.29, 1.82) is 0 Å². The number of rotatable bonds is 4. The third kappa shape index (κ3) is 3.76. The normalized spacial score (nSPS) is 17.3. The van der Waals surface area contributed by atoms with Crippen LogP contribution in [0, 0.1) is 0 Å². The van der Waals surface area contributed by atoms with E-state index < -0.39 is 11.7 Å². The molecule has 1 aliphatic heterocycles. The zero-order chi connectivity index (χ0) is 19.7. The molecule has 0 spiro atoms. The molecule has 1 atom stereocenters. The summed E-state index contributed by atoms with van der Waals surface area (Å²) in [4.78, 5) is 18.3. The van der Waals surface area contributed by atoms with Crippen LogP contribution in [0.4, 0.5) is 13.2 Å². The molecule has 1 amide bonds. The van der Waals surface area contributed by atoms with Crippen LogP contribution in [0.5, 0.6) is 0 Å². The first kappa shape index (κ1) is 18.2. The van der Waals surface area contributed by atoms with Crippen molar-refractivity contribution in [3.05, 3.63) is 71.5 Å². The van der Waals surface area contributed by atoms with Crippen LogP contribution in [0.2, 0.25) is 0 Å². The summed E-state index contributed by atoms with van der Waals surface area (Å²) < 4.78 is 43.2. The van der Waals surface area contributed by atoms with Gasteiger partial charge in [0.2, 0.25) is 5.91 Å². The largest absolute Gasteiger partial charge is 0.416 e. The van der Waals surface area contributed by atoms with Crippen molar-refractivity contribution in [2.75, 3.05) is 6.54 Å². The summed E-state index contributed by atoms with van der Waals surface area (Å²) in [6.45, 7) is 0.986. The molecular weight excluding hydrogens is 371 g/mol. The number of carbonyl (C=O) groups is 1. The molecule has 1 unspecified atom stereocenters. The Bertz CT molecular complexity index is 968. The Balaban J connectivity index is 1.46. The molecule has 0 bridgehead atoms. The lowest BCUT2D eigenvalue weighted by Gasteiger charge is -2.15. The summed E-state index contributed by atoms with van der Waals surface area (Å²) in [6.07, 6.45) is -4.12. The second-order valence-corrected chi connectivity index (χ2v) is 6.69. The quantitative estimate of drug-likeness (QED) is 0.671. The highest BCUT2D eigenvalue weighted by Gasteiger charge is 2.34. The maximum atomic E-state index is 12.7. The van der Waals surface area contributed by atoms with Gasteiger partial charge >= 0.3 is 6.18 Å². The Morgan fingerprint density at radius 3 is 2.46 bits per heavy atom. The second kappa shape index (κ2) is 7.10. The molecule has 1 aromatic heterocycles. The van der Waals surface area contributed by atoms with Gasteiger partial charge in [0.1, 0.15) is 0 Å². The number of hydrogen-bond donors (Lipinski definition) is 0. The first-order valence-corrected chi connectivity index (χ1v) is 8.73. The average molecular weight is 387 g/mol. The summed E-state index contributed by atoms with van der Waals surface area (Å²) in [5, 5.41) is 3.93. The van der Waals surface area contributed by atoms with Crippen LogP contribution in [0.15, 0.2) is 59.1 Å². The number of alkyl halides is 3. The maximum Gasteiger partial charge on any atom is 0.416 e. The van der Waals surface area contributed by atoms with Crippen molar-refractivity contribution in [2.45, 2.75) is 25.1 Å². The Morgan fingerprint density at radius 2 is 1.79 bits per heavy atom. The number of hydrogen-bond acceptors (Lipinski definition) is 4. The van der Waals surface area contributed by atoms with Gasteiger partial charge in [-0.1, -0.05) is 35.5 Å². The molecule has 0 aliphatic carbocycles. The molecule has 4 rings (SSSR count). The molecular formula is C20H16F3N3O2. The molecule has 0 radical (unpaired) electrons. The zero-order valence-electron chi connectivity index (χ0n) is 14.7. The summed E-state index contributed by atoms with van der Waals surface area (Å²) in [6, 6.07) is 14.2. The lowest BCUT2D eigenvalue weighted by Crippen LogP contribution is -2.24. The van der Waals surface area contributed by atoms with Crippen LogP contribution in [0.25, 0.3) is 11.5 Å². The zero-order valence-corrected chi connectivity index (χ0v) is 14.7. The SMILES string of the molecule is O=C1CC(c2noc(-c3ccc(C(F)(F)F)cc3)n2)CN1Cc1ccccc1. The van der Waals surface area contributed by atoms with Crippen molar-refractivity contribution < 1.29 is 22.5 Å². The molecule has 1 aliphatic rings. The number of nitrogens with zero attached hydrogens (tertiary/aromatic N) is 3. The van der Waals surface area contributed by atoms with Gasteiger partial charge in [-0.2, -0.15) is 18.2 Å². The van der Waals surface area contributed by atoms with E-state index in [0.29, 0.717) is 24.5 Å². The molecule has 0 saturated carbocycles. The topological polar surface area (TPSA) is 59.2 Å². The van der Waals surface area contributed by atoms with E-state index >= 15 is 0 Å². The fourth-order valence-corrected chi connectivity index (χ4v) is 3.22. The molecule has 1 saturated heterocycles. The van der Waals surface area contributed by atoms with Gasteiger partial charge in [-0.25, -0.2) is 0 Å². The first-order valence-electron chi connectivity index (χ1n) is 8.73. The Morgan fingerprint density at radius 1 is 1.07 bits per heavy atom. The minimum atomic E-state index is -4.40. The molecule has 0 N–H and O–H groups in total. The van der Waals surface area contributed by atoms with E-state index in [2.05, 4.69) is 10.1 Å². The maximum absolute atomic E-state index is 12.7. The van der Waals surface area contributed by atoms with Crippen LogP contribution in [0.3, 0.4) is 0 Å². The molecule has 3 aromatic rings. The predicted octanol–water partition coefficient (Wildman–Crippen LogP) is 4.27. The van der Waals surface area contributed by atoms with E-state index in [1.165, 1.54) is 12.1 Å². The van der Waals surface area contributed by atoms with Crippen LogP contribution in [-0.4, -0.2) is 27.5 Å². The van der Waals surface area contributed by atoms with Gasteiger partial charge in [0.15, 0.2) is 5.82 Å². The molecule has 2 aromatic carbocycles. The number of carbonyl (C=O) groups excluding carboxylic acids is 1. The molecule has 28 heavy (non-hydrogen) atoms. The fourth-order valence-electron chi connectivity index (χ4n) is 3.22. The van der Waals surface area contributed by atoms with E-state index in [9.17, 15) is 18.0 Å². The van der Waals surface area contributed by atoms with Crippen LogP contribution < -0.4 is 0 Å². The second-order valence-electron chi connectivity index (χ2n) is 6.69. The summed E-state index contributed by atoms with van der Waals surface area (Å²) >= 11 is 0. The van der Waals surface area contributed by atoms with Crippen molar-refractivity contribution in [1.82, 2.24) is 15.0 Å².